The highest BCUT2D eigenvalue weighted by Crippen LogP contribution is 2.14. The fourth-order valence-corrected chi connectivity index (χ4v) is 1.82. The summed E-state index contributed by atoms with van der Waals surface area (Å²) >= 11 is 1.65. The average Bonchev–Trinajstić information content (AvgIpc) is 2.30. The Bertz CT molecular complexity index is 404. The van der Waals surface area contributed by atoms with Gasteiger partial charge in [-0.2, -0.15) is 11.8 Å². The molecule has 0 radical (unpaired) electrons. The second-order valence-corrected chi connectivity index (χ2v) is 4.83. The molecule has 0 aromatic heterocycles. The van der Waals surface area contributed by atoms with Gasteiger partial charge in [0.15, 0.2) is 0 Å². The molecular weight excluding hydrogens is 275 g/mol. The number of carbonyl (C=O) groups excluding carboxylic acids is 1. The fraction of sp³-hybridized carbons (Fsp3) is 0.417. The van der Waals surface area contributed by atoms with Crippen molar-refractivity contribution in [3.63, 3.8) is 0 Å². The summed E-state index contributed by atoms with van der Waals surface area (Å²) in [5, 5.41) is 2.68. The van der Waals surface area contributed by atoms with E-state index in [9.17, 15) is 9.18 Å². The summed E-state index contributed by atoms with van der Waals surface area (Å²) in [5.74, 6) is 0.330. The smallest absolute Gasteiger partial charge is 0.241 e. The molecule has 3 nitrogen and oxygen atoms in total. The van der Waals surface area contributed by atoms with Crippen LogP contribution in [0.4, 0.5) is 10.1 Å². The second kappa shape index (κ2) is 8.34. The number of nitrogens with one attached hydrogen (secondary N) is 1. The van der Waals surface area contributed by atoms with Gasteiger partial charge in [0.05, 0.1) is 6.04 Å². The van der Waals surface area contributed by atoms with Crippen molar-refractivity contribution in [1.29, 1.82) is 0 Å². The topological polar surface area (TPSA) is 55.1 Å². The van der Waals surface area contributed by atoms with E-state index in [2.05, 4.69) is 5.32 Å². The van der Waals surface area contributed by atoms with Crippen LogP contribution in [0.1, 0.15) is 12.0 Å². The zero-order chi connectivity index (χ0) is 12.8. The van der Waals surface area contributed by atoms with E-state index in [4.69, 9.17) is 5.73 Å². The Morgan fingerprint density at radius 2 is 2.22 bits per heavy atom. The highest BCUT2D eigenvalue weighted by molar-refractivity contribution is 7.98. The molecule has 0 unspecified atom stereocenters. The van der Waals surface area contributed by atoms with Gasteiger partial charge in [-0.3, -0.25) is 4.79 Å². The van der Waals surface area contributed by atoms with Gasteiger partial charge in [0.1, 0.15) is 5.82 Å². The minimum atomic E-state index is -0.521. The maximum Gasteiger partial charge on any atom is 0.241 e. The van der Waals surface area contributed by atoms with E-state index in [-0.39, 0.29) is 24.1 Å². The molecule has 1 amide bonds. The lowest BCUT2D eigenvalue weighted by atomic mass is 10.2. The maximum absolute atomic E-state index is 13.0. The average molecular weight is 293 g/mol. The third-order valence-corrected chi connectivity index (χ3v) is 3.04. The monoisotopic (exact) mass is 292 g/mol. The van der Waals surface area contributed by atoms with Crippen LogP contribution in [0.5, 0.6) is 0 Å². The molecule has 0 aliphatic heterocycles. The third-order valence-electron chi connectivity index (χ3n) is 2.40. The van der Waals surface area contributed by atoms with Crippen molar-refractivity contribution >= 4 is 35.8 Å². The molecule has 102 valence electrons. The number of hydrogen-bond acceptors (Lipinski definition) is 3. The summed E-state index contributed by atoms with van der Waals surface area (Å²) in [6.07, 6.45) is 2.60. The Morgan fingerprint density at radius 1 is 1.56 bits per heavy atom. The van der Waals surface area contributed by atoms with Crippen molar-refractivity contribution in [2.45, 2.75) is 19.4 Å². The standard InChI is InChI=1S/C12H17FN2OS.ClH/c1-8-7-9(3-4-10(8)13)15-12(16)11(14)5-6-17-2;/h3-4,7,11H,5-6,14H2,1-2H3,(H,15,16);1H/t11-;/m0./s1. The van der Waals surface area contributed by atoms with E-state index in [0.29, 0.717) is 17.7 Å². The summed E-state index contributed by atoms with van der Waals surface area (Å²) in [7, 11) is 0. The molecule has 1 atom stereocenters. The minimum absolute atomic E-state index is 0. The lowest BCUT2D eigenvalue weighted by Crippen LogP contribution is -2.36. The molecule has 3 N–H and O–H groups in total. The van der Waals surface area contributed by atoms with Gasteiger partial charge >= 0.3 is 0 Å². The van der Waals surface area contributed by atoms with Crippen LogP contribution in [0, 0.1) is 12.7 Å². The molecule has 0 aliphatic rings. The Labute approximate surface area is 117 Å². The first-order chi connectivity index (χ1) is 8.04. The maximum atomic E-state index is 13.0. The molecule has 0 heterocycles. The molecule has 6 heteroatoms. The molecule has 0 bridgehead atoms. The van der Waals surface area contributed by atoms with Gasteiger partial charge in [-0.25, -0.2) is 4.39 Å². The van der Waals surface area contributed by atoms with Crippen LogP contribution in [0.25, 0.3) is 0 Å². The van der Waals surface area contributed by atoms with E-state index in [1.54, 1.807) is 24.8 Å². The van der Waals surface area contributed by atoms with Crippen LogP contribution in [0.3, 0.4) is 0 Å². The van der Waals surface area contributed by atoms with Crippen molar-refractivity contribution in [2.24, 2.45) is 5.73 Å². The van der Waals surface area contributed by atoms with Gasteiger partial charge in [0.2, 0.25) is 5.91 Å². The number of thioether (sulfide) groups is 1. The molecule has 0 saturated heterocycles. The number of carbonyl (C=O) groups is 1. The largest absolute Gasteiger partial charge is 0.325 e. The van der Waals surface area contributed by atoms with Gasteiger partial charge in [-0.05, 0) is 49.1 Å². The van der Waals surface area contributed by atoms with Crippen LogP contribution in [-0.2, 0) is 4.79 Å². The minimum Gasteiger partial charge on any atom is -0.325 e. The number of benzene rings is 1. The SMILES string of the molecule is CSCC[C@H](N)C(=O)Nc1ccc(F)c(C)c1.Cl. The summed E-state index contributed by atoms with van der Waals surface area (Å²) in [4.78, 5) is 11.7. The van der Waals surface area contributed by atoms with Crippen molar-refractivity contribution in [1.82, 2.24) is 0 Å². The van der Waals surface area contributed by atoms with Crippen LogP contribution >= 0.6 is 24.2 Å². The number of halogens is 2. The van der Waals surface area contributed by atoms with Gasteiger partial charge in [-0.1, -0.05) is 0 Å². The van der Waals surface area contributed by atoms with Crippen LogP contribution < -0.4 is 11.1 Å². The highest BCUT2D eigenvalue weighted by atomic mass is 35.5. The molecule has 1 rings (SSSR count). The van der Waals surface area contributed by atoms with Crippen LogP contribution in [-0.4, -0.2) is 24.0 Å². The number of nitrogens with two attached hydrogens (primary N) is 1. The Balaban J connectivity index is 0.00000289. The van der Waals surface area contributed by atoms with Gasteiger partial charge in [-0.15, -0.1) is 12.4 Å². The number of anilines is 1. The molecule has 0 saturated carbocycles. The molecular formula is C12H18ClFN2OS. The van der Waals surface area contributed by atoms with Crippen molar-refractivity contribution in [3.05, 3.63) is 29.6 Å². The number of rotatable bonds is 5. The van der Waals surface area contributed by atoms with E-state index in [1.165, 1.54) is 12.1 Å². The second-order valence-electron chi connectivity index (χ2n) is 3.84. The summed E-state index contributed by atoms with van der Waals surface area (Å²) in [6.45, 7) is 1.65. The third kappa shape index (κ3) is 5.25. The summed E-state index contributed by atoms with van der Waals surface area (Å²) in [6, 6.07) is 3.93. The van der Waals surface area contributed by atoms with Gasteiger partial charge < -0.3 is 11.1 Å². The van der Waals surface area contributed by atoms with E-state index in [0.717, 1.165) is 5.75 Å². The first kappa shape index (κ1) is 17.2. The van der Waals surface area contributed by atoms with Crippen molar-refractivity contribution in [2.75, 3.05) is 17.3 Å². The zero-order valence-corrected chi connectivity index (χ0v) is 12.0. The number of hydrogen-bond donors (Lipinski definition) is 2. The molecule has 1 aromatic carbocycles. The predicted octanol–water partition coefficient (Wildman–Crippen LogP) is 2.57. The normalized spacial score (nSPS) is 11.6. The summed E-state index contributed by atoms with van der Waals surface area (Å²) in [5.41, 5.74) is 6.80. The molecule has 0 spiro atoms. The predicted molar refractivity (Wildman–Crippen MR) is 78.0 cm³/mol. The highest BCUT2D eigenvalue weighted by Gasteiger charge is 2.13. The van der Waals surface area contributed by atoms with E-state index in [1.807, 2.05) is 6.26 Å². The van der Waals surface area contributed by atoms with Gasteiger partial charge in [0, 0.05) is 5.69 Å². The Hall–Kier alpha value is -0.780. The number of amides is 1. The van der Waals surface area contributed by atoms with Gasteiger partial charge in [0.25, 0.3) is 0 Å². The first-order valence-electron chi connectivity index (χ1n) is 5.36. The molecule has 1 aromatic rings. The molecule has 0 aliphatic carbocycles. The first-order valence-corrected chi connectivity index (χ1v) is 6.75. The zero-order valence-electron chi connectivity index (χ0n) is 10.4. The van der Waals surface area contributed by atoms with Crippen molar-refractivity contribution < 1.29 is 9.18 Å². The summed E-state index contributed by atoms with van der Waals surface area (Å²) < 4.78 is 13.0. The fourth-order valence-electron chi connectivity index (χ4n) is 1.33. The van der Waals surface area contributed by atoms with Crippen LogP contribution in [0.15, 0.2) is 18.2 Å². The Kier molecular flexibility index (Phi) is 7.98. The van der Waals surface area contributed by atoms with E-state index >= 15 is 0 Å². The van der Waals surface area contributed by atoms with Crippen LogP contribution in [0.2, 0.25) is 0 Å². The molecule has 18 heavy (non-hydrogen) atoms. The number of aryl methyl sites for hydroxylation is 1. The molecule has 0 fully saturated rings. The van der Waals surface area contributed by atoms with E-state index < -0.39 is 6.04 Å². The van der Waals surface area contributed by atoms with Crippen molar-refractivity contribution in [3.8, 4) is 0 Å². The lowest BCUT2D eigenvalue weighted by molar-refractivity contribution is -0.117. The quantitative estimate of drug-likeness (QED) is 0.877. The Morgan fingerprint density at radius 3 is 2.78 bits per heavy atom. The lowest BCUT2D eigenvalue weighted by Gasteiger charge is -2.12.